The summed E-state index contributed by atoms with van der Waals surface area (Å²) in [5, 5.41) is 3.97. The van der Waals surface area contributed by atoms with Crippen LogP contribution in [-0.4, -0.2) is 15.1 Å². The van der Waals surface area contributed by atoms with E-state index in [1.807, 2.05) is 55.5 Å². The zero-order valence-corrected chi connectivity index (χ0v) is 11.7. The second-order valence-corrected chi connectivity index (χ2v) is 4.90. The van der Waals surface area contributed by atoms with Crippen LogP contribution in [0.25, 0.3) is 11.5 Å². The largest absolute Gasteiger partial charge is 0.339 e. The molecule has 0 saturated heterocycles. The average Bonchev–Trinajstić information content (AvgIpc) is 2.97. The second kappa shape index (κ2) is 5.85. The third-order valence-corrected chi connectivity index (χ3v) is 3.21. The summed E-state index contributed by atoms with van der Waals surface area (Å²) in [7, 11) is 0. The molecule has 3 rings (SSSR count). The summed E-state index contributed by atoms with van der Waals surface area (Å²) in [6.45, 7) is 1.93. The Morgan fingerprint density at radius 2 is 1.86 bits per heavy atom. The summed E-state index contributed by atoms with van der Waals surface area (Å²) in [5.74, 6) is 1.01. The zero-order chi connectivity index (χ0) is 14.7. The quantitative estimate of drug-likeness (QED) is 0.795. The van der Waals surface area contributed by atoms with Crippen molar-refractivity contribution in [1.82, 2.24) is 15.1 Å². The van der Waals surface area contributed by atoms with Crippen LogP contribution in [0.5, 0.6) is 0 Å². The van der Waals surface area contributed by atoms with Crippen molar-refractivity contribution in [2.75, 3.05) is 0 Å². The van der Waals surface area contributed by atoms with Gasteiger partial charge in [-0.1, -0.05) is 41.6 Å². The van der Waals surface area contributed by atoms with E-state index >= 15 is 0 Å². The van der Waals surface area contributed by atoms with Crippen molar-refractivity contribution in [1.29, 1.82) is 0 Å². The first kappa shape index (κ1) is 13.5. The molecule has 2 heterocycles. The van der Waals surface area contributed by atoms with Gasteiger partial charge in [-0.15, -0.1) is 0 Å². The van der Waals surface area contributed by atoms with E-state index in [1.54, 1.807) is 0 Å². The van der Waals surface area contributed by atoms with Gasteiger partial charge in [-0.3, -0.25) is 0 Å². The van der Waals surface area contributed by atoms with E-state index < -0.39 is 0 Å². The third kappa shape index (κ3) is 3.14. The molecule has 2 aromatic heterocycles. The molecule has 106 valence electrons. The Balaban J connectivity index is 1.76. The minimum atomic E-state index is -0.162. The normalized spacial score (nSPS) is 12.3. The van der Waals surface area contributed by atoms with Gasteiger partial charge in [0.25, 0.3) is 0 Å². The molecule has 0 spiro atoms. The molecule has 0 aliphatic rings. The number of aryl methyl sites for hydroxylation is 1. The van der Waals surface area contributed by atoms with E-state index in [1.165, 1.54) is 0 Å². The molecule has 3 aromatic rings. The first-order chi connectivity index (χ1) is 10.2. The molecule has 1 unspecified atom stereocenters. The van der Waals surface area contributed by atoms with Crippen LogP contribution in [0.4, 0.5) is 0 Å². The molecule has 2 N–H and O–H groups in total. The van der Waals surface area contributed by atoms with Crippen LogP contribution in [0.3, 0.4) is 0 Å². The molecule has 5 heteroatoms. The van der Waals surface area contributed by atoms with Gasteiger partial charge in [-0.05, 0) is 24.6 Å². The number of nitrogens with two attached hydrogens (primary N) is 1. The lowest BCUT2D eigenvalue weighted by molar-refractivity contribution is 0.370. The fourth-order valence-electron chi connectivity index (χ4n) is 2.12. The van der Waals surface area contributed by atoms with Gasteiger partial charge in [0.2, 0.25) is 11.7 Å². The number of benzene rings is 1. The van der Waals surface area contributed by atoms with Gasteiger partial charge in [-0.2, -0.15) is 4.98 Å². The van der Waals surface area contributed by atoms with E-state index in [0.717, 1.165) is 11.3 Å². The summed E-state index contributed by atoms with van der Waals surface area (Å²) in [5.41, 5.74) is 8.83. The van der Waals surface area contributed by atoms with Crippen LogP contribution in [0.15, 0.2) is 53.1 Å². The number of rotatable bonds is 4. The third-order valence-electron chi connectivity index (χ3n) is 3.21. The highest BCUT2D eigenvalue weighted by Gasteiger charge is 2.14. The van der Waals surface area contributed by atoms with Crippen molar-refractivity contribution in [3.63, 3.8) is 0 Å². The van der Waals surface area contributed by atoms with Gasteiger partial charge in [0.15, 0.2) is 0 Å². The van der Waals surface area contributed by atoms with Crippen molar-refractivity contribution in [2.24, 2.45) is 5.73 Å². The summed E-state index contributed by atoms with van der Waals surface area (Å²) in [6.07, 6.45) is 0.503. The lowest BCUT2D eigenvalue weighted by atomic mass is 10.1. The molecule has 0 aliphatic carbocycles. The summed E-state index contributed by atoms with van der Waals surface area (Å²) >= 11 is 0. The molecule has 0 aliphatic heterocycles. The summed E-state index contributed by atoms with van der Waals surface area (Å²) < 4.78 is 5.27. The Morgan fingerprint density at radius 3 is 2.62 bits per heavy atom. The molecule has 1 atom stereocenters. The van der Waals surface area contributed by atoms with E-state index in [4.69, 9.17) is 10.3 Å². The maximum atomic E-state index is 6.16. The predicted molar refractivity (Wildman–Crippen MR) is 79.3 cm³/mol. The standard InChI is InChI=1S/C16H16N4O/c1-11-6-5-9-14(18-11)16-19-15(21-20-16)10-13(17)12-7-3-2-4-8-12/h2-9,13H,10,17H2,1H3. The summed E-state index contributed by atoms with van der Waals surface area (Å²) in [4.78, 5) is 8.74. The Hall–Kier alpha value is -2.53. The molecule has 0 bridgehead atoms. The molecule has 0 radical (unpaired) electrons. The molecular weight excluding hydrogens is 264 g/mol. The summed E-state index contributed by atoms with van der Waals surface area (Å²) in [6, 6.07) is 15.4. The van der Waals surface area contributed by atoms with E-state index in [9.17, 15) is 0 Å². The monoisotopic (exact) mass is 280 g/mol. The van der Waals surface area contributed by atoms with Crippen LogP contribution in [0, 0.1) is 6.92 Å². The van der Waals surface area contributed by atoms with Gasteiger partial charge >= 0.3 is 0 Å². The Morgan fingerprint density at radius 1 is 1.05 bits per heavy atom. The van der Waals surface area contributed by atoms with Crippen LogP contribution in [0.1, 0.15) is 23.2 Å². The molecule has 0 amide bonds. The Kier molecular flexibility index (Phi) is 3.75. The highest BCUT2D eigenvalue weighted by molar-refractivity contribution is 5.48. The average molecular weight is 280 g/mol. The maximum Gasteiger partial charge on any atom is 0.228 e. The number of hydrogen-bond acceptors (Lipinski definition) is 5. The fraction of sp³-hybridized carbons (Fsp3) is 0.188. The van der Waals surface area contributed by atoms with Gasteiger partial charge in [0.05, 0.1) is 0 Å². The SMILES string of the molecule is Cc1cccc(-c2noc(CC(N)c3ccccc3)n2)n1. The first-order valence-electron chi connectivity index (χ1n) is 6.79. The Labute approximate surface area is 122 Å². The van der Waals surface area contributed by atoms with Crippen molar-refractivity contribution in [3.8, 4) is 11.5 Å². The van der Waals surface area contributed by atoms with Gasteiger partial charge in [-0.25, -0.2) is 4.98 Å². The second-order valence-electron chi connectivity index (χ2n) is 4.90. The number of hydrogen-bond donors (Lipinski definition) is 1. The van der Waals surface area contributed by atoms with Crippen molar-refractivity contribution >= 4 is 0 Å². The van der Waals surface area contributed by atoms with Gasteiger partial charge in [0, 0.05) is 18.2 Å². The van der Waals surface area contributed by atoms with E-state index in [-0.39, 0.29) is 6.04 Å². The molecule has 0 saturated carbocycles. The van der Waals surface area contributed by atoms with Crippen LogP contribution >= 0.6 is 0 Å². The van der Waals surface area contributed by atoms with E-state index in [2.05, 4.69) is 15.1 Å². The zero-order valence-electron chi connectivity index (χ0n) is 11.7. The highest BCUT2D eigenvalue weighted by Crippen LogP contribution is 2.18. The highest BCUT2D eigenvalue weighted by atomic mass is 16.5. The van der Waals surface area contributed by atoms with Gasteiger partial charge in [0.1, 0.15) is 5.69 Å². The fourth-order valence-corrected chi connectivity index (χ4v) is 2.12. The molecular formula is C16H16N4O. The van der Waals surface area contributed by atoms with Gasteiger partial charge < -0.3 is 10.3 Å². The molecule has 5 nitrogen and oxygen atoms in total. The van der Waals surface area contributed by atoms with Crippen molar-refractivity contribution in [2.45, 2.75) is 19.4 Å². The Bertz CT molecular complexity index is 724. The van der Waals surface area contributed by atoms with Crippen LogP contribution in [-0.2, 0) is 6.42 Å². The number of nitrogens with zero attached hydrogens (tertiary/aromatic N) is 3. The smallest absolute Gasteiger partial charge is 0.228 e. The lowest BCUT2D eigenvalue weighted by Crippen LogP contribution is -2.13. The molecule has 0 fully saturated rings. The number of pyridine rings is 1. The van der Waals surface area contributed by atoms with Crippen LogP contribution in [0.2, 0.25) is 0 Å². The first-order valence-corrected chi connectivity index (χ1v) is 6.79. The van der Waals surface area contributed by atoms with Crippen molar-refractivity contribution < 1.29 is 4.52 Å². The van der Waals surface area contributed by atoms with Crippen molar-refractivity contribution in [3.05, 3.63) is 65.7 Å². The molecule has 21 heavy (non-hydrogen) atoms. The minimum absolute atomic E-state index is 0.162. The predicted octanol–water partition coefficient (Wildman–Crippen LogP) is 2.68. The lowest BCUT2D eigenvalue weighted by Gasteiger charge is -2.08. The maximum absolute atomic E-state index is 6.16. The molecule has 1 aromatic carbocycles. The van der Waals surface area contributed by atoms with Crippen LogP contribution < -0.4 is 5.73 Å². The number of aromatic nitrogens is 3. The minimum Gasteiger partial charge on any atom is -0.339 e. The van der Waals surface area contributed by atoms with E-state index in [0.29, 0.717) is 23.8 Å². The topological polar surface area (TPSA) is 77.8 Å².